The molecule has 1 aromatic heterocycles. The number of aromatic nitrogens is 2. The molecule has 138 valence electrons. The lowest BCUT2D eigenvalue weighted by atomic mass is 10.2. The summed E-state index contributed by atoms with van der Waals surface area (Å²) < 4.78 is 16.3. The molecule has 1 amide bonds. The van der Waals surface area contributed by atoms with Gasteiger partial charge in [0.15, 0.2) is 0 Å². The van der Waals surface area contributed by atoms with E-state index in [1.54, 1.807) is 30.3 Å². The van der Waals surface area contributed by atoms with E-state index in [-0.39, 0.29) is 11.7 Å². The first-order valence-corrected chi connectivity index (χ1v) is 9.24. The first kappa shape index (κ1) is 19.0. The lowest BCUT2D eigenvalue weighted by Gasteiger charge is -2.13. The van der Waals surface area contributed by atoms with E-state index >= 15 is 0 Å². The van der Waals surface area contributed by atoms with Gasteiger partial charge in [0.1, 0.15) is 5.82 Å². The highest BCUT2D eigenvalue weighted by Gasteiger charge is 2.09. The lowest BCUT2D eigenvalue weighted by Crippen LogP contribution is -2.23. The van der Waals surface area contributed by atoms with E-state index in [1.165, 1.54) is 18.2 Å². The van der Waals surface area contributed by atoms with Gasteiger partial charge in [-0.2, -0.15) is 5.10 Å². The Bertz CT molecular complexity index is 953. The van der Waals surface area contributed by atoms with Crippen LogP contribution in [0, 0.1) is 5.82 Å². The van der Waals surface area contributed by atoms with Gasteiger partial charge in [-0.25, -0.2) is 4.39 Å². The van der Waals surface area contributed by atoms with Crippen molar-refractivity contribution < 1.29 is 9.18 Å². The lowest BCUT2D eigenvalue weighted by molar-refractivity contribution is -0.125. The Morgan fingerprint density at radius 1 is 1.22 bits per heavy atom. The Labute approximate surface area is 166 Å². The second kappa shape index (κ2) is 8.77. The average molecular weight is 428 g/mol. The fourth-order valence-electron chi connectivity index (χ4n) is 2.63. The molecule has 0 aliphatic heterocycles. The molecule has 0 radical (unpaired) electrons. The summed E-state index contributed by atoms with van der Waals surface area (Å²) >= 11 is 3.30. The molecule has 0 fully saturated rings. The maximum Gasteiger partial charge on any atom is 0.246 e. The molecular formula is C21H19BrFN3O. The van der Waals surface area contributed by atoms with Crippen LogP contribution in [0.2, 0.25) is 0 Å². The highest BCUT2D eigenvalue weighted by atomic mass is 79.9. The van der Waals surface area contributed by atoms with Gasteiger partial charge in [-0.15, -0.1) is 0 Å². The van der Waals surface area contributed by atoms with E-state index in [0.717, 1.165) is 15.6 Å². The number of hydrogen-bond acceptors (Lipinski definition) is 2. The second-order valence-corrected chi connectivity index (χ2v) is 7.14. The summed E-state index contributed by atoms with van der Waals surface area (Å²) in [6.45, 7) is 1.11. The number of rotatable bonds is 6. The maximum atomic E-state index is 13.7. The van der Waals surface area contributed by atoms with Gasteiger partial charge < -0.3 is 4.90 Å². The van der Waals surface area contributed by atoms with Gasteiger partial charge in [0, 0.05) is 41.5 Å². The molecule has 0 atom stereocenters. The summed E-state index contributed by atoms with van der Waals surface area (Å²) in [5.74, 6) is -0.572. The van der Waals surface area contributed by atoms with Crippen LogP contribution in [0.15, 0.2) is 71.5 Å². The molecule has 3 aromatic rings. The van der Waals surface area contributed by atoms with E-state index in [9.17, 15) is 9.18 Å². The minimum atomic E-state index is -0.368. The van der Waals surface area contributed by atoms with Gasteiger partial charge in [0.2, 0.25) is 5.91 Å². The molecule has 0 unspecified atom stereocenters. The summed E-state index contributed by atoms with van der Waals surface area (Å²) in [6, 6.07) is 14.7. The van der Waals surface area contributed by atoms with Crippen molar-refractivity contribution in [1.29, 1.82) is 0 Å². The highest BCUT2D eigenvalue weighted by Crippen LogP contribution is 2.17. The third kappa shape index (κ3) is 5.37. The summed E-state index contributed by atoms with van der Waals surface area (Å²) in [7, 11) is 1.71. The molecule has 27 heavy (non-hydrogen) atoms. The topological polar surface area (TPSA) is 38.1 Å². The van der Waals surface area contributed by atoms with Crippen LogP contribution < -0.4 is 0 Å². The fourth-order valence-corrected chi connectivity index (χ4v) is 3.01. The SMILES string of the molecule is CN(Cc1cnn(Cc2ccccc2)c1)C(=O)/C=C/c1cc(Br)ccc1F. The fraction of sp³-hybridized carbons (Fsp3) is 0.143. The smallest absolute Gasteiger partial charge is 0.246 e. The van der Waals surface area contributed by atoms with Crippen LogP contribution in [-0.2, 0) is 17.9 Å². The number of benzene rings is 2. The largest absolute Gasteiger partial charge is 0.338 e. The molecule has 3 rings (SSSR count). The second-order valence-electron chi connectivity index (χ2n) is 6.23. The van der Waals surface area contributed by atoms with Crippen molar-refractivity contribution in [3.8, 4) is 0 Å². The van der Waals surface area contributed by atoms with Crippen molar-refractivity contribution in [1.82, 2.24) is 14.7 Å². The summed E-state index contributed by atoms with van der Waals surface area (Å²) in [6.07, 6.45) is 6.54. The van der Waals surface area contributed by atoms with E-state index in [2.05, 4.69) is 21.0 Å². The van der Waals surface area contributed by atoms with Gasteiger partial charge in [0.05, 0.1) is 12.7 Å². The van der Waals surface area contributed by atoms with Gasteiger partial charge in [0.25, 0.3) is 0 Å². The predicted molar refractivity (Wildman–Crippen MR) is 107 cm³/mol. The van der Waals surface area contributed by atoms with Crippen molar-refractivity contribution in [2.45, 2.75) is 13.1 Å². The molecule has 0 spiro atoms. The van der Waals surface area contributed by atoms with Crippen LogP contribution in [0.5, 0.6) is 0 Å². The molecule has 0 saturated heterocycles. The van der Waals surface area contributed by atoms with Crippen molar-refractivity contribution >= 4 is 27.9 Å². The maximum absolute atomic E-state index is 13.7. The standard InChI is InChI=1S/C21H19BrFN3O/c1-25(21(27)10-7-18-11-19(22)8-9-20(18)23)13-17-12-24-26(15-17)14-16-5-3-2-4-6-16/h2-12,15H,13-14H2,1H3/b10-7+. The predicted octanol–water partition coefficient (Wildman–Crippen LogP) is 4.50. The number of carbonyl (C=O) groups excluding carboxylic acids is 1. The Morgan fingerprint density at radius 3 is 2.78 bits per heavy atom. The van der Waals surface area contributed by atoms with Crippen molar-refractivity contribution in [3.05, 3.63) is 94.0 Å². The number of nitrogens with zero attached hydrogens (tertiary/aromatic N) is 3. The number of carbonyl (C=O) groups is 1. The van der Waals surface area contributed by atoms with E-state index in [4.69, 9.17) is 0 Å². The molecule has 0 bridgehead atoms. The number of likely N-dealkylation sites (N-methyl/N-ethyl adjacent to an activating group) is 1. The van der Waals surface area contributed by atoms with E-state index in [1.807, 2.05) is 41.2 Å². The minimum absolute atomic E-state index is 0.204. The molecule has 0 saturated carbocycles. The van der Waals surface area contributed by atoms with Gasteiger partial charge in [-0.05, 0) is 29.8 Å². The van der Waals surface area contributed by atoms with Crippen molar-refractivity contribution in [2.24, 2.45) is 0 Å². The van der Waals surface area contributed by atoms with Crippen molar-refractivity contribution in [2.75, 3.05) is 7.05 Å². The number of hydrogen-bond donors (Lipinski definition) is 0. The molecule has 2 aromatic carbocycles. The first-order chi connectivity index (χ1) is 13.0. The van der Waals surface area contributed by atoms with Gasteiger partial charge in [-0.1, -0.05) is 46.3 Å². The molecular weight excluding hydrogens is 409 g/mol. The highest BCUT2D eigenvalue weighted by molar-refractivity contribution is 9.10. The van der Waals surface area contributed by atoms with Crippen LogP contribution in [0.1, 0.15) is 16.7 Å². The summed E-state index contributed by atoms with van der Waals surface area (Å²) in [5.41, 5.74) is 2.46. The summed E-state index contributed by atoms with van der Waals surface area (Å²) in [4.78, 5) is 13.9. The molecule has 0 aliphatic rings. The monoisotopic (exact) mass is 427 g/mol. The van der Waals surface area contributed by atoms with Crippen LogP contribution in [-0.4, -0.2) is 27.6 Å². The number of halogens is 2. The molecule has 0 N–H and O–H groups in total. The average Bonchev–Trinajstić information content (AvgIpc) is 3.09. The van der Waals surface area contributed by atoms with Crippen LogP contribution in [0.3, 0.4) is 0 Å². The molecule has 4 nitrogen and oxygen atoms in total. The van der Waals surface area contributed by atoms with Crippen LogP contribution >= 0.6 is 15.9 Å². The third-order valence-corrected chi connectivity index (χ3v) is 4.53. The van der Waals surface area contributed by atoms with Crippen LogP contribution in [0.25, 0.3) is 6.08 Å². The Balaban J connectivity index is 1.60. The first-order valence-electron chi connectivity index (χ1n) is 8.45. The molecule has 1 heterocycles. The normalized spacial score (nSPS) is 11.1. The minimum Gasteiger partial charge on any atom is -0.338 e. The Kier molecular flexibility index (Phi) is 6.19. The third-order valence-electron chi connectivity index (χ3n) is 4.03. The van der Waals surface area contributed by atoms with Gasteiger partial charge in [-0.3, -0.25) is 9.48 Å². The number of amides is 1. The van der Waals surface area contributed by atoms with Crippen LogP contribution in [0.4, 0.5) is 4.39 Å². The van der Waals surface area contributed by atoms with Gasteiger partial charge >= 0.3 is 0 Å². The Morgan fingerprint density at radius 2 is 2.00 bits per heavy atom. The van der Waals surface area contributed by atoms with Crippen molar-refractivity contribution in [3.63, 3.8) is 0 Å². The van der Waals surface area contributed by atoms with E-state index in [0.29, 0.717) is 18.7 Å². The Hall–Kier alpha value is -2.73. The zero-order valence-corrected chi connectivity index (χ0v) is 16.4. The zero-order valence-electron chi connectivity index (χ0n) is 14.8. The molecule has 0 aliphatic carbocycles. The quantitative estimate of drug-likeness (QED) is 0.542. The molecule has 6 heteroatoms. The van der Waals surface area contributed by atoms with E-state index < -0.39 is 0 Å². The zero-order chi connectivity index (χ0) is 19.2. The summed E-state index contributed by atoms with van der Waals surface area (Å²) in [5, 5.41) is 4.34.